The van der Waals surface area contributed by atoms with Crippen LogP contribution in [0.2, 0.25) is 0 Å². The van der Waals surface area contributed by atoms with Crippen LogP contribution in [-0.4, -0.2) is 20.3 Å². The van der Waals surface area contributed by atoms with Crippen molar-refractivity contribution in [3.63, 3.8) is 0 Å². The van der Waals surface area contributed by atoms with Crippen LogP contribution < -0.4 is 14.2 Å². The van der Waals surface area contributed by atoms with Gasteiger partial charge in [0.25, 0.3) is 0 Å². The Bertz CT molecular complexity index is 575. The van der Waals surface area contributed by atoms with Crippen molar-refractivity contribution in [3.05, 3.63) is 66.7 Å². The fourth-order valence-corrected chi connectivity index (χ4v) is 2.07. The molecule has 0 saturated carbocycles. The van der Waals surface area contributed by atoms with Crippen LogP contribution in [-0.2, 0) is 6.42 Å². The van der Waals surface area contributed by atoms with Crippen molar-refractivity contribution in [1.82, 2.24) is 0 Å². The van der Waals surface area contributed by atoms with Gasteiger partial charge in [-0.15, -0.1) is 0 Å². The fraction of sp³-hybridized carbons (Fsp3) is 0.263. The maximum absolute atomic E-state index is 5.76. The van der Waals surface area contributed by atoms with E-state index in [0.29, 0.717) is 13.2 Å². The van der Waals surface area contributed by atoms with E-state index in [1.54, 1.807) is 13.2 Å². The molecule has 0 aromatic heterocycles. The number of aryl methyl sites for hydroxylation is 1. The van der Waals surface area contributed by atoms with Crippen LogP contribution >= 0.6 is 0 Å². The van der Waals surface area contributed by atoms with Crippen LogP contribution in [0.15, 0.2) is 61.2 Å². The molecule has 0 amide bonds. The summed E-state index contributed by atoms with van der Waals surface area (Å²) in [6, 6.07) is 15.8. The summed E-state index contributed by atoms with van der Waals surface area (Å²) in [5.74, 6) is 2.51. The second-order valence-corrected chi connectivity index (χ2v) is 4.87. The van der Waals surface area contributed by atoms with Crippen molar-refractivity contribution in [3.8, 4) is 17.2 Å². The molecule has 3 nitrogen and oxygen atoms in total. The molecular formula is C19H22O3. The van der Waals surface area contributed by atoms with Crippen molar-refractivity contribution in [1.29, 1.82) is 0 Å². The summed E-state index contributed by atoms with van der Waals surface area (Å²) in [6.07, 6.45) is 3.67. The van der Waals surface area contributed by atoms with Crippen LogP contribution in [0.4, 0.5) is 0 Å². The van der Waals surface area contributed by atoms with Crippen LogP contribution in [0.5, 0.6) is 17.2 Å². The lowest BCUT2D eigenvalue weighted by Gasteiger charge is -2.09. The molecule has 0 radical (unpaired) electrons. The molecule has 0 N–H and O–H groups in total. The number of methoxy groups -OCH3 is 1. The predicted octanol–water partition coefficient (Wildman–Crippen LogP) is 4.27. The van der Waals surface area contributed by atoms with Crippen LogP contribution in [0.25, 0.3) is 0 Å². The van der Waals surface area contributed by atoms with Gasteiger partial charge < -0.3 is 14.2 Å². The standard InChI is InChI=1S/C19H22O3/c1-3-13-21-18-7-4-8-19(15-18)22-14-5-6-16-9-11-17(20-2)12-10-16/h3-4,7-12,15H,1,5-6,13-14H2,2H3. The second-order valence-electron chi connectivity index (χ2n) is 4.87. The van der Waals surface area contributed by atoms with Crippen molar-refractivity contribution in [2.45, 2.75) is 12.8 Å². The summed E-state index contributed by atoms with van der Waals surface area (Å²) in [5.41, 5.74) is 1.28. The van der Waals surface area contributed by atoms with Crippen LogP contribution in [0, 0.1) is 0 Å². The topological polar surface area (TPSA) is 27.7 Å². The largest absolute Gasteiger partial charge is 0.497 e. The maximum atomic E-state index is 5.76. The number of hydrogen-bond donors (Lipinski definition) is 0. The molecule has 3 heteroatoms. The zero-order chi connectivity index (χ0) is 15.6. The van der Waals surface area contributed by atoms with Gasteiger partial charge in [0.1, 0.15) is 23.9 Å². The zero-order valence-corrected chi connectivity index (χ0v) is 13.0. The van der Waals surface area contributed by atoms with E-state index in [1.165, 1.54) is 5.56 Å². The van der Waals surface area contributed by atoms with E-state index in [0.717, 1.165) is 30.1 Å². The molecule has 2 aromatic rings. The van der Waals surface area contributed by atoms with E-state index in [-0.39, 0.29) is 0 Å². The Morgan fingerprint density at radius 3 is 2.36 bits per heavy atom. The van der Waals surface area contributed by atoms with E-state index in [9.17, 15) is 0 Å². The monoisotopic (exact) mass is 298 g/mol. The number of ether oxygens (including phenoxy) is 3. The average Bonchev–Trinajstić information content (AvgIpc) is 2.58. The third-order valence-electron chi connectivity index (χ3n) is 3.21. The molecule has 2 aromatic carbocycles. The van der Waals surface area contributed by atoms with Gasteiger partial charge in [0.2, 0.25) is 0 Å². The van der Waals surface area contributed by atoms with Gasteiger partial charge in [-0.05, 0) is 42.7 Å². The van der Waals surface area contributed by atoms with Crippen LogP contribution in [0.1, 0.15) is 12.0 Å². The molecular weight excluding hydrogens is 276 g/mol. The first-order valence-corrected chi connectivity index (χ1v) is 7.41. The molecule has 0 heterocycles. The quantitative estimate of drug-likeness (QED) is 0.511. The molecule has 0 aliphatic heterocycles. The first-order valence-electron chi connectivity index (χ1n) is 7.41. The summed E-state index contributed by atoms with van der Waals surface area (Å²) < 4.78 is 16.4. The lowest BCUT2D eigenvalue weighted by Crippen LogP contribution is -2.00. The molecule has 0 saturated heterocycles. The molecule has 0 atom stereocenters. The number of rotatable bonds is 9. The highest BCUT2D eigenvalue weighted by Crippen LogP contribution is 2.20. The van der Waals surface area contributed by atoms with E-state index >= 15 is 0 Å². The minimum atomic E-state index is 0.501. The van der Waals surface area contributed by atoms with Crippen molar-refractivity contribution in [2.24, 2.45) is 0 Å². The maximum Gasteiger partial charge on any atom is 0.123 e. The summed E-state index contributed by atoms with van der Waals surface area (Å²) in [7, 11) is 1.68. The molecule has 116 valence electrons. The Hall–Kier alpha value is -2.42. The molecule has 0 aliphatic rings. The van der Waals surface area contributed by atoms with Crippen molar-refractivity contribution >= 4 is 0 Å². The summed E-state index contributed by atoms with van der Waals surface area (Å²) in [6.45, 7) is 4.81. The average molecular weight is 298 g/mol. The first-order chi connectivity index (χ1) is 10.8. The Labute approximate surface area is 132 Å². The highest BCUT2D eigenvalue weighted by atomic mass is 16.5. The molecule has 0 spiro atoms. The lowest BCUT2D eigenvalue weighted by molar-refractivity contribution is 0.306. The fourth-order valence-electron chi connectivity index (χ4n) is 2.07. The Balaban J connectivity index is 1.74. The lowest BCUT2D eigenvalue weighted by atomic mass is 10.1. The predicted molar refractivity (Wildman–Crippen MR) is 88.9 cm³/mol. The van der Waals surface area contributed by atoms with Crippen molar-refractivity contribution < 1.29 is 14.2 Å². The molecule has 0 bridgehead atoms. The minimum Gasteiger partial charge on any atom is -0.497 e. The summed E-state index contributed by atoms with van der Waals surface area (Å²) in [5, 5.41) is 0. The van der Waals surface area contributed by atoms with Gasteiger partial charge in [-0.3, -0.25) is 0 Å². The van der Waals surface area contributed by atoms with Crippen LogP contribution in [0.3, 0.4) is 0 Å². The molecule has 22 heavy (non-hydrogen) atoms. The van der Waals surface area contributed by atoms with Gasteiger partial charge in [-0.1, -0.05) is 30.9 Å². The van der Waals surface area contributed by atoms with Crippen molar-refractivity contribution in [2.75, 3.05) is 20.3 Å². The van der Waals surface area contributed by atoms with Gasteiger partial charge >= 0.3 is 0 Å². The summed E-state index contributed by atoms with van der Waals surface area (Å²) in [4.78, 5) is 0. The normalized spacial score (nSPS) is 10.0. The zero-order valence-electron chi connectivity index (χ0n) is 13.0. The smallest absolute Gasteiger partial charge is 0.123 e. The molecule has 2 rings (SSSR count). The van der Waals surface area contributed by atoms with E-state index < -0.39 is 0 Å². The van der Waals surface area contributed by atoms with Gasteiger partial charge in [0.05, 0.1) is 13.7 Å². The van der Waals surface area contributed by atoms with Gasteiger partial charge in [-0.25, -0.2) is 0 Å². The number of benzene rings is 2. The van der Waals surface area contributed by atoms with E-state index in [1.807, 2.05) is 36.4 Å². The number of hydrogen-bond acceptors (Lipinski definition) is 3. The SMILES string of the molecule is C=CCOc1cccc(OCCCc2ccc(OC)cc2)c1. The molecule has 0 fully saturated rings. The van der Waals surface area contributed by atoms with E-state index in [2.05, 4.69) is 18.7 Å². The third-order valence-corrected chi connectivity index (χ3v) is 3.21. The third kappa shape index (κ3) is 5.17. The summed E-state index contributed by atoms with van der Waals surface area (Å²) >= 11 is 0. The highest BCUT2D eigenvalue weighted by Gasteiger charge is 1.99. The van der Waals surface area contributed by atoms with E-state index in [4.69, 9.17) is 14.2 Å². The molecule has 0 aliphatic carbocycles. The first kappa shape index (κ1) is 16.0. The van der Waals surface area contributed by atoms with Gasteiger partial charge in [-0.2, -0.15) is 0 Å². The Morgan fingerprint density at radius 1 is 0.955 bits per heavy atom. The van der Waals surface area contributed by atoms with Gasteiger partial charge in [0.15, 0.2) is 0 Å². The highest BCUT2D eigenvalue weighted by molar-refractivity contribution is 5.33. The Morgan fingerprint density at radius 2 is 1.68 bits per heavy atom. The Kier molecular flexibility index (Phi) is 6.37. The second kappa shape index (κ2) is 8.78. The minimum absolute atomic E-state index is 0.501. The molecule has 0 unspecified atom stereocenters. The van der Waals surface area contributed by atoms with Gasteiger partial charge in [0, 0.05) is 6.07 Å².